The lowest BCUT2D eigenvalue weighted by Crippen LogP contribution is -2.54. The number of aliphatic hydroxyl groups is 2. The molecule has 5 heteroatoms. The van der Waals surface area contributed by atoms with Crippen LogP contribution in [-0.2, 0) is 14.3 Å². The fourth-order valence-electron chi connectivity index (χ4n) is 6.90. The highest BCUT2D eigenvalue weighted by Crippen LogP contribution is 2.63. The van der Waals surface area contributed by atoms with Crippen molar-refractivity contribution in [1.82, 2.24) is 0 Å². The number of aliphatic hydroxyl groups excluding tert-OH is 1. The van der Waals surface area contributed by atoms with Crippen LogP contribution in [0, 0.1) is 17.3 Å². The molecule has 4 atom stereocenters. The summed E-state index contributed by atoms with van der Waals surface area (Å²) in [6.45, 7) is 2.89. The molecule has 148 valence electrons. The van der Waals surface area contributed by atoms with Gasteiger partial charge in [-0.1, -0.05) is 18.6 Å². The van der Waals surface area contributed by atoms with E-state index in [9.17, 15) is 15.0 Å². The smallest absolute Gasteiger partial charge is 0.190 e. The van der Waals surface area contributed by atoms with Crippen LogP contribution in [0.4, 0.5) is 0 Å². The molecule has 2 fully saturated rings. The third kappa shape index (κ3) is 2.35. The number of hydrogen-bond donors (Lipinski definition) is 2. The van der Waals surface area contributed by atoms with E-state index in [-0.39, 0.29) is 5.79 Å². The highest BCUT2D eigenvalue weighted by atomic mass is 16.7. The van der Waals surface area contributed by atoms with E-state index in [0.29, 0.717) is 37.9 Å². The van der Waals surface area contributed by atoms with Gasteiger partial charge in [-0.2, -0.15) is 0 Å². The first kappa shape index (κ1) is 18.0. The molecule has 1 saturated carbocycles. The lowest BCUT2D eigenvalue weighted by Gasteiger charge is -2.50. The molecule has 0 aromatic heterocycles. The van der Waals surface area contributed by atoms with Crippen LogP contribution < -0.4 is 0 Å². The molecule has 2 unspecified atom stereocenters. The van der Waals surface area contributed by atoms with E-state index in [1.54, 1.807) is 0 Å². The molecule has 1 saturated heterocycles. The minimum atomic E-state index is -1.38. The summed E-state index contributed by atoms with van der Waals surface area (Å²) in [7, 11) is 0. The quantitative estimate of drug-likeness (QED) is 0.777. The molecule has 0 radical (unpaired) electrons. The normalized spacial score (nSPS) is 42.6. The highest BCUT2D eigenvalue weighted by molar-refractivity contribution is 5.89. The van der Waals surface area contributed by atoms with E-state index in [0.717, 1.165) is 38.5 Å². The molecule has 5 aliphatic rings. The van der Waals surface area contributed by atoms with Gasteiger partial charge in [0, 0.05) is 18.3 Å². The van der Waals surface area contributed by atoms with E-state index in [1.165, 1.54) is 16.7 Å². The highest BCUT2D eigenvalue weighted by Gasteiger charge is 2.63. The fraction of sp³-hybridized carbons (Fsp3) is 0.773. The van der Waals surface area contributed by atoms with E-state index < -0.39 is 23.4 Å². The fourth-order valence-corrected chi connectivity index (χ4v) is 6.90. The number of hydrogen-bond acceptors (Lipinski definition) is 5. The maximum Gasteiger partial charge on any atom is 0.190 e. The van der Waals surface area contributed by atoms with Crippen LogP contribution in [0.3, 0.4) is 0 Å². The Morgan fingerprint density at radius 2 is 2.00 bits per heavy atom. The van der Waals surface area contributed by atoms with E-state index in [2.05, 4.69) is 13.0 Å². The molecule has 1 aliphatic heterocycles. The van der Waals surface area contributed by atoms with Crippen LogP contribution in [0.2, 0.25) is 0 Å². The van der Waals surface area contributed by atoms with Crippen LogP contribution in [0.5, 0.6) is 0 Å². The van der Waals surface area contributed by atoms with Gasteiger partial charge in [-0.15, -0.1) is 0 Å². The molecule has 1 spiro atoms. The molecular weight excluding hydrogens is 344 g/mol. The average Bonchev–Trinajstić information content (AvgIpc) is 3.23. The minimum Gasteiger partial charge on any atom is -0.388 e. The Balaban J connectivity index is 1.47. The van der Waals surface area contributed by atoms with Crippen LogP contribution in [0.25, 0.3) is 0 Å². The third-order valence-corrected chi connectivity index (χ3v) is 8.40. The van der Waals surface area contributed by atoms with Crippen molar-refractivity contribution in [2.45, 2.75) is 69.7 Å². The lowest BCUT2D eigenvalue weighted by molar-refractivity contribution is -0.164. The molecule has 5 rings (SSSR count). The van der Waals surface area contributed by atoms with Crippen LogP contribution >= 0.6 is 0 Å². The van der Waals surface area contributed by atoms with E-state index in [1.807, 2.05) is 0 Å². The molecule has 0 amide bonds. The number of rotatable bonds is 2. The predicted octanol–water partition coefficient (Wildman–Crippen LogP) is 2.66. The zero-order valence-electron chi connectivity index (χ0n) is 16.1. The van der Waals surface area contributed by atoms with Gasteiger partial charge in [-0.3, -0.25) is 4.79 Å². The topological polar surface area (TPSA) is 76.0 Å². The number of allylic oxidation sites excluding steroid dienone is 3. The predicted molar refractivity (Wildman–Crippen MR) is 98.8 cm³/mol. The summed E-state index contributed by atoms with van der Waals surface area (Å²) in [5, 5.41) is 20.6. The molecule has 0 aromatic rings. The zero-order valence-corrected chi connectivity index (χ0v) is 16.1. The lowest BCUT2D eigenvalue weighted by atomic mass is 9.55. The van der Waals surface area contributed by atoms with Crippen molar-refractivity contribution in [3.63, 3.8) is 0 Å². The first-order chi connectivity index (χ1) is 12.9. The second kappa shape index (κ2) is 5.99. The molecule has 2 N–H and O–H groups in total. The summed E-state index contributed by atoms with van der Waals surface area (Å²) < 4.78 is 11.9. The molecule has 27 heavy (non-hydrogen) atoms. The Morgan fingerprint density at radius 1 is 1.22 bits per heavy atom. The number of carbonyl (C=O) groups excluding carboxylic acids is 1. The molecular formula is C22H30O5. The zero-order chi connectivity index (χ0) is 18.9. The first-order valence-electron chi connectivity index (χ1n) is 10.5. The second-order valence-corrected chi connectivity index (χ2v) is 9.38. The van der Waals surface area contributed by atoms with Gasteiger partial charge in [0.05, 0.1) is 13.2 Å². The Morgan fingerprint density at radius 3 is 2.74 bits per heavy atom. The molecule has 0 bridgehead atoms. The molecule has 5 nitrogen and oxygen atoms in total. The number of fused-ring (bicyclic) bond motifs is 4. The monoisotopic (exact) mass is 374 g/mol. The van der Waals surface area contributed by atoms with Gasteiger partial charge in [0.25, 0.3) is 0 Å². The van der Waals surface area contributed by atoms with Gasteiger partial charge >= 0.3 is 0 Å². The minimum absolute atomic E-state index is 0.307. The summed E-state index contributed by atoms with van der Waals surface area (Å²) in [6.07, 6.45) is 9.29. The van der Waals surface area contributed by atoms with E-state index in [4.69, 9.17) is 9.47 Å². The van der Waals surface area contributed by atoms with Crippen molar-refractivity contribution in [2.24, 2.45) is 17.3 Å². The van der Waals surface area contributed by atoms with E-state index >= 15 is 0 Å². The number of ether oxygens (including phenoxy) is 2. The van der Waals surface area contributed by atoms with Crippen LogP contribution in [0.15, 0.2) is 22.8 Å². The van der Waals surface area contributed by atoms with Gasteiger partial charge in [0.2, 0.25) is 0 Å². The summed E-state index contributed by atoms with van der Waals surface area (Å²) in [5.41, 5.74) is 2.61. The number of carbonyl (C=O) groups is 1. The van der Waals surface area contributed by atoms with Gasteiger partial charge in [0.1, 0.15) is 12.2 Å². The molecule has 1 heterocycles. The average molecular weight is 374 g/mol. The van der Waals surface area contributed by atoms with Crippen LogP contribution in [0.1, 0.15) is 58.3 Å². The summed E-state index contributed by atoms with van der Waals surface area (Å²) in [6, 6.07) is 0. The molecule has 0 aromatic carbocycles. The Hall–Kier alpha value is -1.01. The van der Waals surface area contributed by atoms with Gasteiger partial charge < -0.3 is 19.7 Å². The maximum absolute atomic E-state index is 12.4. The largest absolute Gasteiger partial charge is 0.388 e. The van der Waals surface area contributed by atoms with Crippen LogP contribution in [-0.4, -0.2) is 47.2 Å². The maximum atomic E-state index is 12.4. The second-order valence-electron chi connectivity index (χ2n) is 9.38. The first-order valence-corrected chi connectivity index (χ1v) is 10.5. The standard InChI is InChI=1S/C22H30O5/c1-20-7-4-16-15-5-8-21(26-10-11-27-21)12-14(15)2-3-17(16)18(20)6-9-22(20,25)19(24)13-23/h4,17-18,23,25H,2-3,5-13H2,1H3/t17?,18?,20-,22-/m0/s1. The van der Waals surface area contributed by atoms with Gasteiger partial charge in [-0.05, 0) is 61.5 Å². The Bertz CT molecular complexity index is 731. The summed E-state index contributed by atoms with van der Waals surface area (Å²) >= 11 is 0. The third-order valence-electron chi connectivity index (χ3n) is 8.40. The van der Waals surface area contributed by atoms with Crippen molar-refractivity contribution in [3.05, 3.63) is 22.8 Å². The van der Waals surface area contributed by atoms with Crippen molar-refractivity contribution in [2.75, 3.05) is 19.8 Å². The summed E-state index contributed by atoms with van der Waals surface area (Å²) in [5.74, 6) is -0.0593. The SMILES string of the molecule is C[C@]12CC=C3C4=C(CCC3C1CC[C@]2(O)C(=O)CO)CC1(CC4)OCCO1. The van der Waals surface area contributed by atoms with Crippen molar-refractivity contribution in [3.8, 4) is 0 Å². The van der Waals surface area contributed by atoms with Gasteiger partial charge in [-0.25, -0.2) is 0 Å². The van der Waals surface area contributed by atoms with Crippen molar-refractivity contribution < 1.29 is 24.5 Å². The summed E-state index contributed by atoms with van der Waals surface area (Å²) in [4.78, 5) is 12.4. The number of Topliss-reactive ketones (excluding diaryl/α,β-unsaturated/α-hetero) is 1. The van der Waals surface area contributed by atoms with Crippen molar-refractivity contribution >= 4 is 5.78 Å². The van der Waals surface area contributed by atoms with Crippen molar-refractivity contribution in [1.29, 1.82) is 0 Å². The van der Waals surface area contributed by atoms with Gasteiger partial charge in [0.15, 0.2) is 11.6 Å². The number of ketones is 1. The Labute approximate surface area is 160 Å². The Kier molecular flexibility index (Phi) is 4.01. The molecule has 4 aliphatic carbocycles.